The van der Waals surface area contributed by atoms with Gasteiger partial charge in [0.1, 0.15) is 0 Å². The summed E-state index contributed by atoms with van der Waals surface area (Å²) in [5, 5.41) is 7.01. The molecule has 4 nitrogen and oxygen atoms in total. The van der Waals surface area contributed by atoms with Gasteiger partial charge in [-0.25, -0.2) is 0 Å². The minimum absolute atomic E-state index is 0.214. The molecule has 0 aliphatic rings. The summed E-state index contributed by atoms with van der Waals surface area (Å²) in [6, 6.07) is 9.75. The molecule has 0 heterocycles. The number of rotatable bonds is 2. The second kappa shape index (κ2) is 6.07. The van der Waals surface area contributed by atoms with Gasteiger partial charge in [0.2, 0.25) is 0 Å². The lowest BCUT2D eigenvalue weighted by Crippen LogP contribution is -2.12. The second-order valence-electron chi connectivity index (χ2n) is 2.57. The molecular formula is C8H10F2N2O2S. The van der Waals surface area contributed by atoms with Crippen LogP contribution in [0.5, 0.6) is 0 Å². The van der Waals surface area contributed by atoms with Crippen molar-refractivity contribution in [3.05, 3.63) is 35.9 Å². The molecule has 0 spiro atoms. The molecule has 0 amide bonds. The SMILES string of the molecule is N=C(N)Cc1ccccc1.O=S(=O)(F)F. The van der Waals surface area contributed by atoms with Gasteiger partial charge in [-0.1, -0.05) is 38.1 Å². The van der Waals surface area contributed by atoms with E-state index < -0.39 is 10.6 Å². The Kier molecular flexibility index (Phi) is 5.46. The Labute approximate surface area is 86.7 Å². The summed E-state index contributed by atoms with van der Waals surface area (Å²) in [5.74, 6) is 0.214. The zero-order valence-electron chi connectivity index (χ0n) is 7.65. The number of benzene rings is 1. The smallest absolute Gasteiger partial charge is 0.387 e. The van der Waals surface area contributed by atoms with Gasteiger partial charge in [0.25, 0.3) is 0 Å². The van der Waals surface area contributed by atoms with Crippen LogP contribution in [-0.4, -0.2) is 14.3 Å². The largest absolute Gasteiger partial charge is 0.476 e. The van der Waals surface area contributed by atoms with Crippen LogP contribution in [0.25, 0.3) is 0 Å². The molecule has 0 saturated heterocycles. The number of amidine groups is 1. The highest BCUT2D eigenvalue weighted by Gasteiger charge is 1.94. The molecular weight excluding hydrogens is 226 g/mol. The lowest BCUT2D eigenvalue weighted by Gasteiger charge is -1.96. The maximum absolute atomic E-state index is 9.99. The van der Waals surface area contributed by atoms with Gasteiger partial charge in [0.05, 0.1) is 5.84 Å². The van der Waals surface area contributed by atoms with Crippen LogP contribution >= 0.6 is 0 Å². The van der Waals surface area contributed by atoms with Crippen molar-refractivity contribution in [2.75, 3.05) is 0 Å². The fourth-order valence-electron chi connectivity index (χ4n) is 0.816. The molecule has 0 aliphatic carbocycles. The van der Waals surface area contributed by atoms with Crippen molar-refractivity contribution >= 4 is 16.4 Å². The van der Waals surface area contributed by atoms with Crippen LogP contribution < -0.4 is 5.73 Å². The molecule has 0 atom stereocenters. The van der Waals surface area contributed by atoms with Crippen LogP contribution in [0.4, 0.5) is 7.77 Å². The standard InChI is InChI=1S/C8H10N2.F2O2S/c9-8(10)6-7-4-2-1-3-5-7;1-5(2,3)4/h1-5H,6H2,(H3,9,10);. The molecule has 7 heteroatoms. The van der Waals surface area contributed by atoms with Crippen molar-refractivity contribution in [2.24, 2.45) is 5.73 Å². The Hall–Kier alpha value is -1.50. The van der Waals surface area contributed by atoms with Gasteiger partial charge in [-0.15, -0.1) is 0 Å². The third kappa shape index (κ3) is 12.5. The van der Waals surface area contributed by atoms with Gasteiger partial charge < -0.3 is 5.73 Å². The average molecular weight is 236 g/mol. The van der Waals surface area contributed by atoms with E-state index in [0.29, 0.717) is 6.42 Å². The molecule has 0 unspecified atom stereocenters. The fourth-order valence-corrected chi connectivity index (χ4v) is 0.816. The molecule has 1 aromatic rings. The lowest BCUT2D eigenvalue weighted by atomic mass is 10.1. The Bertz CT molecular complexity index is 398. The zero-order valence-corrected chi connectivity index (χ0v) is 8.47. The first-order valence-corrected chi connectivity index (χ1v) is 5.08. The molecule has 1 aromatic carbocycles. The van der Waals surface area contributed by atoms with Crippen LogP contribution in [0.3, 0.4) is 0 Å². The summed E-state index contributed by atoms with van der Waals surface area (Å²) in [6.07, 6.45) is 0.556. The van der Waals surface area contributed by atoms with Gasteiger partial charge in [-0.3, -0.25) is 5.41 Å². The first-order valence-electron chi connectivity index (χ1n) is 3.80. The van der Waals surface area contributed by atoms with E-state index in [-0.39, 0.29) is 5.84 Å². The molecule has 0 fully saturated rings. The van der Waals surface area contributed by atoms with E-state index >= 15 is 0 Å². The predicted molar refractivity (Wildman–Crippen MR) is 53.2 cm³/mol. The van der Waals surface area contributed by atoms with E-state index in [2.05, 4.69) is 0 Å². The van der Waals surface area contributed by atoms with Crippen molar-refractivity contribution in [3.63, 3.8) is 0 Å². The van der Waals surface area contributed by atoms with E-state index in [9.17, 15) is 7.77 Å². The molecule has 3 N–H and O–H groups in total. The van der Waals surface area contributed by atoms with Crippen molar-refractivity contribution in [3.8, 4) is 0 Å². The van der Waals surface area contributed by atoms with Crippen molar-refractivity contribution in [1.82, 2.24) is 0 Å². The summed E-state index contributed by atoms with van der Waals surface area (Å²) in [5.41, 5.74) is 6.30. The number of hydrogen-bond acceptors (Lipinski definition) is 3. The molecule has 1 rings (SSSR count). The van der Waals surface area contributed by atoms with Gasteiger partial charge in [0.15, 0.2) is 0 Å². The van der Waals surface area contributed by atoms with E-state index in [1.54, 1.807) is 0 Å². The number of halogens is 2. The molecule has 0 radical (unpaired) electrons. The third-order valence-electron chi connectivity index (χ3n) is 1.24. The molecule has 0 aliphatic heterocycles. The first-order chi connectivity index (χ1) is 6.79. The minimum Gasteiger partial charge on any atom is -0.387 e. The Morgan fingerprint density at radius 2 is 1.67 bits per heavy atom. The molecule has 0 saturated carbocycles. The van der Waals surface area contributed by atoms with Crippen LogP contribution in [0.1, 0.15) is 5.56 Å². The maximum Gasteiger partial charge on any atom is 0.476 e. The van der Waals surface area contributed by atoms with Crippen molar-refractivity contribution < 1.29 is 16.2 Å². The van der Waals surface area contributed by atoms with E-state index in [0.717, 1.165) is 5.56 Å². The minimum atomic E-state index is -5.67. The summed E-state index contributed by atoms with van der Waals surface area (Å²) in [7, 11) is -5.67. The highest BCUT2D eigenvalue weighted by molar-refractivity contribution is 7.81. The van der Waals surface area contributed by atoms with Crippen LogP contribution in [-0.2, 0) is 17.0 Å². The quantitative estimate of drug-likeness (QED) is 0.461. The van der Waals surface area contributed by atoms with Gasteiger partial charge in [-0.05, 0) is 5.56 Å². The van der Waals surface area contributed by atoms with E-state index in [4.69, 9.17) is 19.6 Å². The molecule has 84 valence electrons. The van der Waals surface area contributed by atoms with Crippen LogP contribution in [0.2, 0.25) is 0 Å². The summed E-state index contributed by atoms with van der Waals surface area (Å²) in [6.45, 7) is 0. The summed E-state index contributed by atoms with van der Waals surface area (Å²) in [4.78, 5) is 0. The van der Waals surface area contributed by atoms with E-state index in [1.165, 1.54) is 0 Å². The third-order valence-corrected chi connectivity index (χ3v) is 1.24. The fraction of sp³-hybridized carbons (Fsp3) is 0.125. The van der Waals surface area contributed by atoms with Crippen LogP contribution in [0, 0.1) is 5.41 Å². The lowest BCUT2D eigenvalue weighted by molar-refractivity contribution is 0.501. The first kappa shape index (κ1) is 13.5. The summed E-state index contributed by atoms with van der Waals surface area (Å²) >= 11 is 0. The number of nitrogens with one attached hydrogen (secondary N) is 1. The Balaban J connectivity index is 0.000000336. The average Bonchev–Trinajstić information content (AvgIpc) is 2.01. The van der Waals surface area contributed by atoms with Crippen LogP contribution in [0.15, 0.2) is 30.3 Å². The Morgan fingerprint density at radius 1 is 1.27 bits per heavy atom. The topological polar surface area (TPSA) is 84.0 Å². The van der Waals surface area contributed by atoms with E-state index in [1.807, 2.05) is 30.3 Å². The highest BCUT2D eigenvalue weighted by atomic mass is 32.3. The van der Waals surface area contributed by atoms with Gasteiger partial charge in [-0.2, -0.15) is 8.42 Å². The predicted octanol–water partition coefficient (Wildman–Crippen LogP) is 1.34. The van der Waals surface area contributed by atoms with Crippen molar-refractivity contribution in [1.29, 1.82) is 5.41 Å². The second-order valence-corrected chi connectivity index (χ2v) is 3.32. The Morgan fingerprint density at radius 3 is 2.00 bits per heavy atom. The normalized spacial score (nSPS) is 10.0. The monoisotopic (exact) mass is 236 g/mol. The number of hydrogen-bond donors (Lipinski definition) is 2. The molecule has 15 heavy (non-hydrogen) atoms. The molecule has 0 aromatic heterocycles. The van der Waals surface area contributed by atoms with Gasteiger partial charge in [0, 0.05) is 6.42 Å². The van der Waals surface area contributed by atoms with Crippen molar-refractivity contribution in [2.45, 2.75) is 6.42 Å². The maximum atomic E-state index is 9.99. The zero-order chi connectivity index (χ0) is 11.9. The van der Waals surface area contributed by atoms with Gasteiger partial charge >= 0.3 is 10.6 Å². The highest BCUT2D eigenvalue weighted by Crippen LogP contribution is 1.97. The summed E-state index contributed by atoms with van der Waals surface area (Å²) < 4.78 is 36.6. The molecule has 0 bridgehead atoms. The number of nitrogens with two attached hydrogens (primary N) is 1.